The Balaban J connectivity index is 2.98. The summed E-state index contributed by atoms with van der Waals surface area (Å²) < 4.78 is 0. The summed E-state index contributed by atoms with van der Waals surface area (Å²) in [5.41, 5.74) is 0.819. The molecule has 0 N–H and O–H groups in total. The van der Waals surface area contributed by atoms with Gasteiger partial charge in [0.05, 0.1) is 8.07 Å². The van der Waals surface area contributed by atoms with Gasteiger partial charge in [-0.3, -0.25) is 0 Å². The average Bonchev–Trinajstić information content (AvgIpc) is 2.06. The van der Waals surface area contributed by atoms with Crippen molar-refractivity contribution in [3.05, 3.63) is 30.3 Å². The molecule has 1 aromatic rings. The summed E-state index contributed by atoms with van der Waals surface area (Å²) in [6.45, 7) is 9.54. The third-order valence-corrected chi connectivity index (χ3v) is 7.67. The maximum absolute atomic E-state index is 2.44. The third-order valence-electron chi connectivity index (χ3n) is 2.96. The first kappa shape index (κ1) is 9.52. The maximum Gasteiger partial charge on any atom is 0.0831 e. The molecule has 0 bridgehead atoms. The van der Waals surface area contributed by atoms with Crippen molar-refractivity contribution >= 4 is 13.3 Å². The number of hydrogen-bond acceptors (Lipinski definition) is 0. The zero-order valence-corrected chi connectivity index (χ0v) is 9.46. The second-order valence-corrected chi connectivity index (χ2v) is 9.42. The van der Waals surface area contributed by atoms with Gasteiger partial charge >= 0.3 is 0 Å². The smallest absolute Gasteiger partial charge is 0.0652 e. The molecule has 0 saturated heterocycles. The first-order chi connectivity index (χ1) is 5.55. The average molecular weight is 178 g/mol. The van der Waals surface area contributed by atoms with Crippen molar-refractivity contribution in [3.63, 3.8) is 0 Å². The number of benzene rings is 1. The van der Waals surface area contributed by atoms with Crippen LogP contribution in [0.25, 0.3) is 0 Å². The molecule has 12 heavy (non-hydrogen) atoms. The van der Waals surface area contributed by atoms with Crippen LogP contribution in [0.2, 0.25) is 18.6 Å². The molecule has 0 unspecified atom stereocenters. The summed E-state index contributed by atoms with van der Waals surface area (Å²) in [6, 6.07) is 10.9. The van der Waals surface area contributed by atoms with Gasteiger partial charge in [0.2, 0.25) is 0 Å². The predicted molar refractivity (Wildman–Crippen MR) is 58.7 cm³/mol. The van der Waals surface area contributed by atoms with Crippen LogP contribution < -0.4 is 5.19 Å². The molecule has 0 saturated carbocycles. The summed E-state index contributed by atoms with van der Waals surface area (Å²) in [5, 5.41) is 1.57. The van der Waals surface area contributed by atoms with Crippen LogP contribution in [-0.2, 0) is 0 Å². The Morgan fingerprint density at radius 3 is 1.92 bits per heavy atom. The Morgan fingerprint density at radius 2 is 1.50 bits per heavy atom. The second-order valence-electron chi connectivity index (χ2n) is 4.24. The van der Waals surface area contributed by atoms with Gasteiger partial charge in [0.1, 0.15) is 0 Å². The highest BCUT2D eigenvalue weighted by atomic mass is 28.3. The molecule has 1 heteroatoms. The van der Waals surface area contributed by atoms with E-state index >= 15 is 0 Å². The Kier molecular flexibility index (Phi) is 2.73. The van der Waals surface area contributed by atoms with Gasteiger partial charge < -0.3 is 0 Å². The van der Waals surface area contributed by atoms with Crippen LogP contribution in [0, 0.1) is 0 Å². The largest absolute Gasteiger partial charge is 0.0831 e. The van der Waals surface area contributed by atoms with E-state index in [9.17, 15) is 0 Å². The summed E-state index contributed by atoms with van der Waals surface area (Å²) in [6.07, 6.45) is 0. The van der Waals surface area contributed by atoms with E-state index in [1.165, 1.54) is 0 Å². The highest BCUT2D eigenvalue weighted by Gasteiger charge is 2.26. The molecule has 1 aromatic carbocycles. The molecule has 0 nitrogen and oxygen atoms in total. The summed E-state index contributed by atoms with van der Waals surface area (Å²) >= 11 is 0. The fourth-order valence-electron chi connectivity index (χ4n) is 1.20. The van der Waals surface area contributed by atoms with E-state index in [2.05, 4.69) is 57.3 Å². The Bertz CT molecular complexity index is 236. The van der Waals surface area contributed by atoms with E-state index in [1.807, 2.05) is 0 Å². The molecule has 1 rings (SSSR count). The molecule has 66 valence electrons. The van der Waals surface area contributed by atoms with E-state index in [4.69, 9.17) is 0 Å². The molecule has 0 amide bonds. The topological polar surface area (TPSA) is 0 Å². The van der Waals surface area contributed by atoms with Crippen LogP contribution >= 0.6 is 0 Å². The lowest BCUT2D eigenvalue weighted by molar-refractivity contribution is 1.02. The molecule has 0 atom stereocenters. The minimum atomic E-state index is -1.16. The van der Waals surface area contributed by atoms with Crippen LogP contribution in [0.3, 0.4) is 0 Å². The van der Waals surface area contributed by atoms with Crippen molar-refractivity contribution in [1.82, 2.24) is 0 Å². The minimum absolute atomic E-state index is 0.819. The van der Waals surface area contributed by atoms with Gasteiger partial charge in [-0.05, 0) is 5.54 Å². The van der Waals surface area contributed by atoms with Crippen molar-refractivity contribution in [2.24, 2.45) is 0 Å². The SMILES string of the molecule is CC(C)[Si](C)(C)c1ccccc1. The van der Waals surface area contributed by atoms with Crippen LogP contribution in [0.5, 0.6) is 0 Å². The molecule has 0 radical (unpaired) electrons. The lowest BCUT2D eigenvalue weighted by Gasteiger charge is -2.27. The van der Waals surface area contributed by atoms with Gasteiger partial charge in [0, 0.05) is 0 Å². The molecule has 0 aliphatic rings. The van der Waals surface area contributed by atoms with E-state index in [0.717, 1.165) is 5.54 Å². The van der Waals surface area contributed by atoms with E-state index in [1.54, 1.807) is 5.19 Å². The van der Waals surface area contributed by atoms with Gasteiger partial charge in [0.25, 0.3) is 0 Å². The zero-order valence-electron chi connectivity index (χ0n) is 8.46. The standard InChI is InChI=1S/C11H18Si/c1-10(2)12(3,4)11-8-6-5-7-9-11/h5-10H,1-4H3. The molecule has 0 fully saturated rings. The minimum Gasteiger partial charge on any atom is -0.0652 e. The Morgan fingerprint density at radius 1 is 1.00 bits per heavy atom. The third kappa shape index (κ3) is 1.78. The quantitative estimate of drug-likeness (QED) is 0.611. The van der Waals surface area contributed by atoms with Crippen LogP contribution in [0.4, 0.5) is 0 Å². The van der Waals surface area contributed by atoms with E-state index in [0.29, 0.717) is 0 Å². The summed E-state index contributed by atoms with van der Waals surface area (Å²) in [5.74, 6) is 0. The van der Waals surface area contributed by atoms with E-state index in [-0.39, 0.29) is 0 Å². The van der Waals surface area contributed by atoms with Crippen molar-refractivity contribution in [2.75, 3.05) is 0 Å². The van der Waals surface area contributed by atoms with Crippen LogP contribution in [0.1, 0.15) is 13.8 Å². The van der Waals surface area contributed by atoms with Crippen LogP contribution in [-0.4, -0.2) is 8.07 Å². The maximum atomic E-state index is 2.44. The normalized spacial score (nSPS) is 12.1. The lowest BCUT2D eigenvalue weighted by Crippen LogP contribution is -2.43. The Hall–Kier alpha value is -0.563. The zero-order chi connectivity index (χ0) is 9.19. The van der Waals surface area contributed by atoms with Crippen molar-refractivity contribution in [1.29, 1.82) is 0 Å². The van der Waals surface area contributed by atoms with Gasteiger partial charge in [-0.15, -0.1) is 0 Å². The van der Waals surface area contributed by atoms with Gasteiger partial charge in [-0.2, -0.15) is 0 Å². The first-order valence-corrected chi connectivity index (χ1v) is 7.68. The van der Waals surface area contributed by atoms with Gasteiger partial charge in [0.15, 0.2) is 0 Å². The molecular formula is C11H18Si. The first-order valence-electron chi connectivity index (χ1n) is 4.60. The van der Waals surface area contributed by atoms with Gasteiger partial charge in [-0.1, -0.05) is 62.5 Å². The second kappa shape index (κ2) is 3.44. The lowest BCUT2D eigenvalue weighted by atomic mass is 10.4. The van der Waals surface area contributed by atoms with Crippen molar-refractivity contribution in [3.8, 4) is 0 Å². The number of hydrogen-bond donors (Lipinski definition) is 0. The highest BCUT2D eigenvalue weighted by Crippen LogP contribution is 2.19. The van der Waals surface area contributed by atoms with Crippen molar-refractivity contribution < 1.29 is 0 Å². The summed E-state index contributed by atoms with van der Waals surface area (Å²) in [4.78, 5) is 0. The molecule has 0 aliphatic carbocycles. The van der Waals surface area contributed by atoms with Gasteiger partial charge in [-0.25, -0.2) is 0 Å². The van der Waals surface area contributed by atoms with E-state index < -0.39 is 8.07 Å². The fraction of sp³-hybridized carbons (Fsp3) is 0.455. The molecule has 0 aromatic heterocycles. The Labute approximate surface area is 76.6 Å². The molecular weight excluding hydrogens is 160 g/mol. The molecule has 0 spiro atoms. The monoisotopic (exact) mass is 178 g/mol. The molecule has 0 heterocycles. The highest BCUT2D eigenvalue weighted by molar-refractivity contribution is 6.90. The fourth-order valence-corrected chi connectivity index (χ4v) is 2.92. The predicted octanol–water partition coefficient (Wildman–Crippen LogP) is 3.01. The molecule has 0 aliphatic heterocycles. The summed E-state index contributed by atoms with van der Waals surface area (Å²) in [7, 11) is -1.16. The number of rotatable bonds is 2. The van der Waals surface area contributed by atoms with Crippen molar-refractivity contribution in [2.45, 2.75) is 32.5 Å². The van der Waals surface area contributed by atoms with Crippen LogP contribution in [0.15, 0.2) is 30.3 Å².